The van der Waals surface area contributed by atoms with Crippen molar-refractivity contribution in [3.8, 4) is 0 Å². The van der Waals surface area contributed by atoms with Crippen molar-refractivity contribution < 1.29 is 18.3 Å². The molecule has 0 aromatic rings. The Morgan fingerprint density at radius 1 is 1.36 bits per heavy atom. The monoisotopic (exact) mass is 169 g/mol. The van der Waals surface area contributed by atoms with Crippen LogP contribution < -0.4 is 5.73 Å². The molecule has 1 aliphatic rings. The molecule has 0 amide bonds. The Hall–Kier alpha value is -0.290. The average Bonchev–Trinajstić information content (AvgIpc) is 2.63. The fourth-order valence-electron chi connectivity index (χ4n) is 0.925. The van der Waals surface area contributed by atoms with Crippen molar-refractivity contribution in [2.24, 2.45) is 11.7 Å². The maximum absolute atomic E-state index is 11.8. The molecule has 0 bridgehead atoms. The van der Waals surface area contributed by atoms with E-state index in [0.717, 1.165) is 0 Å². The van der Waals surface area contributed by atoms with Crippen LogP contribution in [0.15, 0.2) is 0 Å². The van der Waals surface area contributed by atoms with E-state index in [1.807, 2.05) is 0 Å². The largest absolute Gasteiger partial charge is 0.406 e. The van der Waals surface area contributed by atoms with Crippen LogP contribution in [-0.2, 0) is 0 Å². The second kappa shape index (κ2) is 2.64. The van der Waals surface area contributed by atoms with Crippen LogP contribution in [0.25, 0.3) is 0 Å². The molecule has 0 spiro atoms. The average molecular weight is 169 g/mol. The van der Waals surface area contributed by atoms with Gasteiger partial charge in [0.15, 0.2) is 0 Å². The highest BCUT2D eigenvalue weighted by molar-refractivity contribution is 4.90. The number of hydrogen-bond donors (Lipinski definition) is 2. The molecule has 0 saturated heterocycles. The molecule has 0 heterocycles. The minimum atomic E-state index is -4.47. The third-order valence-corrected chi connectivity index (χ3v) is 1.85. The number of aliphatic hydroxyl groups excluding tert-OH is 1. The Kier molecular flexibility index (Phi) is 2.11. The summed E-state index contributed by atoms with van der Waals surface area (Å²) in [6.45, 7) is 0. The van der Waals surface area contributed by atoms with E-state index in [2.05, 4.69) is 0 Å². The maximum atomic E-state index is 11.8. The van der Waals surface area contributed by atoms with E-state index < -0.39 is 18.3 Å². The van der Waals surface area contributed by atoms with Gasteiger partial charge >= 0.3 is 6.18 Å². The summed E-state index contributed by atoms with van der Waals surface area (Å²) in [5.74, 6) is -0.230. The van der Waals surface area contributed by atoms with Crippen molar-refractivity contribution in [3.63, 3.8) is 0 Å². The number of hydrogen-bond acceptors (Lipinski definition) is 2. The van der Waals surface area contributed by atoms with Gasteiger partial charge in [0.25, 0.3) is 0 Å². The lowest BCUT2D eigenvalue weighted by Crippen LogP contribution is -2.47. The topological polar surface area (TPSA) is 46.2 Å². The zero-order chi connectivity index (χ0) is 8.65. The van der Waals surface area contributed by atoms with E-state index in [0.29, 0.717) is 12.8 Å². The van der Waals surface area contributed by atoms with E-state index in [4.69, 9.17) is 10.8 Å². The Morgan fingerprint density at radius 3 is 2.09 bits per heavy atom. The quantitative estimate of drug-likeness (QED) is 0.637. The summed E-state index contributed by atoms with van der Waals surface area (Å²) >= 11 is 0. The Balaban J connectivity index is 2.45. The first-order valence-corrected chi connectivity index (χ1v) is 3.43. The van der Waals surface area contributed by atoms with Gasteiger partial charge in [-0.05, 0) is 18.8 Å². The van der Waals surface area contributed by atoms with Crippen LogP contribution in [0.4, 0.5) is 13.2 Å². The normalized spacial score (nSPS) is 24.8. The summed E-state index contributed by atoms with van der Waals surface area (Å²) in [5, 5.41) is 8.95. The molecule has 0 aromatic carbocycles. The number of nitrogens with two attached hydrogens (primary N) is 1. The van der Waals surface area contributed by atoms with E-state index in [9.17, 15) is 13.2 Å². The van der Waals surface area contributed by atoms with Crippen LogP contribution in [0.2, 0.25) is 0 Å². The van der Waals surface area contributed by atoms with Crippen molar-refractivity contribution >= 4 is 0 Å². The smallest absolute Gasteiger partial charge is 0.391 e. The molecule has 0 radical (unpaired) electrons. The van der Waals surface area contributed by atoms with Gasteiger partial charge in [0.05, 0.1) is 6.10 Å². The predicted octanol–water partition coefficient (Wildman–Crippen LogP) is 0.647. The van der Waals surface area contributed by atoms with Crippen molar-refractivity contribution in [2.45, 2.75) is 31.2 Å². The summed E-state index contributed by atoms with van der Waals surface area (Å²) in [5.41, 5.74) is 4.76. The van der Waals surface area contributed by atoms with Gasteiger partial charge < -0.3 is 10.8 Å². The van der Waals surface area contributed by atoms with Crippen LogP contribution in [-0.4, -0.2) is 23.4 Å². The lowest BCUT2D eigenvalue weighted by Gasteiger charge is -2.20. The molecule has 1 fully saturated rings. The van der Waals surface area contributed by atoms with Gasteiger partial charge in [-0.2, -0.15) is 13.2 Å². The molecule has 5 heteroatoms. The molecule has 1 aliphatic carbocycles. The third-order valence-electron chi connectivity index (χ3n) is 1.85. The second-order valence-corrected chi connectivity index (χ2v) is 2.90. The molecule has 2 nitrogen and oxygen atoms in total. The van der Waals surface area contributed by atoms with Crippen molar-refractivity contribution in [1.82, 2.24) is 0 Å². The first-order chi connectivity index (χ1) is 4.93. The first kappa shape index (κ1) is 8.80. The summed E-state index contributed by atoms with van der Waals surface area (Å²) in [4.78, 5) is 0. The molecule has 1 rings (SSSR count). The van der Waals surface area contributed by atoms with E-state index in [1.54, 1.807) is 0 Å². The molecule has 66 valence electrons. The third kappa shape index (κ3) is 2.07. The second-order valence-electron chi connectivity index (χ2n) is 2.90. The lowest BCUT2D eigenvalue weighted by molar-refractivity contribution is -0.170. The fourth-order valence-corrected chi connectivity index (χ4v) is 0.925. The van der Waals surface area contributed by atoms with E-state index >= 15 is 0 Å². The number of rotatable bonds is 2. The molecule has 0 aliphatic heterocycles. The Morgan fingerprint density at radius 2 is 1.82 bits per heavy atom. The zero-order valence-electron chi connectivity index (χ0n) is 5.80. The maximum Gasteiger partial charge on any atom is 0.406 e. The molecular formula is C6H10F3NO. The van der Waals surface area contributed by atoms with Gasteiger partial charge in [0.1, 0.15) is 6.04 Å². The minimum Gasteiger partial charge on any atom is -0.391 e. The van der Waals surface area contributed by atoms with Gasteiger partial charge in [0, 0.05) is 0 Å². The van der Waals surface area contributed by atoms with Crippen LogP contribution in [0.3, 0.4) is 0 Å². The molecule has 11 heavy (non-hydrogen) atoms. The Labute approximate surface area is 62.2 Å². The van der Waals surface area contributed by atoms with E-state index in [-0.39, 0.29) is 5.92 Å². The van der Waals surface area contributed by atoms with Crippen LogP contribution in [0.1, 0.15) is 12.8 Å². The molecule has 2 atom stereocenters. The molecule has 3 N–H and O–H groups in total. The first-order valence-electron chi connectivity index (χ1n) is 3.43. The highest BCUT2D eigenvalue weighted by Gasteiger charge is 2.46. The molecular weight excluding hydrogens is 159 g/mol. The molecule has 0 aromatic heterocycles. The Bertz CT molecular complexity index is 143. The molecule has 0 unspecified atom stereocenters. The summed E-state index contributed by atoms with van der Waals surface area (Å²) in [6, 6.07) is -2.07. The van der Waals surface area contributed by atoms with Gasteiger partial charge in [-0.15, -0.1) is 0 Å². The van der Waals surface area contributed by atoms with Crippen molar-refractivity contribution in [2.75, 3.05) is 0 Å². The molecule has 1 saturated carbocycles. The van der Waals surface area contributed by atoms with Crippen LogP contribution >= 0.6 is 0 Å². The number of alkyl halides is 3. The lowest BCUT2D eigenvalue weighted by atomic mass is 10.1. The summed E-state index contributed by atoms with van der Waals surface area (Å²) in [6.07, 6.45) is -4.56. The number of aliphatic hydroxyl groups is 1. The van der Waals surface area contributed by atoms with Gasteiger partial charge in [-0.25, -0.2) is 0 Å². The van der Waals surface area contributed by atoms with Crippen molar-refractivity contribution in [1.29, 1.82) is 0 Å². The predicted molar refractivity (Wildman–Crippen MR) is 32.8 cm³/mol. The number of halogens is 3. The van der Waals surface area contributed by atoms with Gasteiger partial charge in [-0.1, -0.05) is 0 Å². The zero-order valence-corrected chi connectivity index (χ0v) is 5.80. The highest BCUT2D eigenvalue weighted by Crippen LogP contribution is 2.36. The van der Waals surface area contributed by atoms with Crippen LogP contribution in [0, 0.1) is 5.92 Å². The van der Waals surface area contributed by atoms with Gasteiger partial charge in [-0.3, -0.25) is 0 Å². The minimum absolute atomic E-state index is 0.230. The van der Waals surface area contributed by atoms with Gasteiger partial charge in [0.2, 0.25) is 0 Å². The SMILES string of the molecule is N[C@H]([C@H](O)C1CC1)C(F)(F)F. The standard InChI is InChI=1S/C6H10F3NO/c7-6(8,9)5(10)4(11)3-1-2-3/h3-5,11H,1-2,10H2/t4-,5-/m1/s1. The highest BCUT2D eigenvalue weighted by atomic mass is 19.4. The summed E-state index contributed by atoms with van der Waals surface area (Å²) in [7, 11) is 0. The van der Waals surface area contributed by atoms with Crippen LogP contribution in [0.5, 0.6) is 0 Å². The summed E-state index contributed by atoms with van der Waals surface area (Å²) < 4.78 is 35.4. The fraction of sp³-hybridized carbons (Fsp3) is 1.00. The van der Waals surface area contributed by atoms with Crippen molar-refractivity contribution in [3.05, 3.63) is 0 Å². The van der Waals surface area contributed by atoms with E-state index in [1.165, 1.54) is 0 Å².